The average molecular weight is 192 g/mol. The van der Waals surface area contributed by atoms with Gasteiger partial charge < -0.3 is 10.1 Å². The Morgan fingerprint density at radius 3 is 3.00 bits per heavy atom. The summed E-state index contributed by atoms with van der Waals surface area (Å²) >= 11 is 5.84. The zero-order chi connectivity index (χ0) is 8.81. The highest BCUT2D eigenvalue weighted by molar-refractivity contribution is 6.18. The van der Waals surface area contributed by atoms with Gasteiger partial charge in [0.25, 0.3) is 0 Å². The minimum atomic E-state index is 0.637. The lowest BCUT2D eigenvalue weighted by atomic mass is 10.1. The number of hydrogen-bond donors (Lipinski definition) is 1. The predicted octanol–water partition coefficient (Wildman–Crippen LogP) is 1.63. The van der Waals surface area contributed by atoms with Gasteiger partial charge in [-0.3, -0.25) is 0 Å². The van der Waals surface area contributed by atoms with Crippen LogP contribution in [-0.4, -0.2) is 32.2 Å². The number of hydrogen-bond acceptors (Lipinski definition) is 2. The fraction of sp³-hybridized carbons (Fsp3) is 1.00. The van der Waals surface area contributed by atoms with Crippen LogP contribution >= 0.6 is 11.6 Å². The maximum atomic E-state index is 5.84. The summed E-state index contributed by atoms with van der Waals surface area (Å²) in [5, 5.41) is 3.47. The number of alkyl halides is 1. The molecule has 3 heteroatoms. The third-order valence-corrected chi connectivity index (χ3v) is 2.97. The van der Waals surface area contributed by atoms with E-state index in [9.17, 15) is 0 Å². The summed E-state index contributed by atoms with van der Waals surface area (Å²) in [6.07, 6.45) is 3.89. The molecule has 1 aliphatic carbocycles. The molecule has 72 valence electrons. The molecule has 2 atom stereocenters. The SMILES string of the molecule is COCCNC1CCCC1CCl. The van der Waals surface area contributed by atoms with Gasteiger partial charge in [-0.15, -0.1) is 11.6 Å². The molecule has 2 unspecified atom stereocenters. The van der Waals surface area contributed by atoms with E-state index in [0.29, 0.717) is 12.0 Å². The fourth-order valence-corrected chi connectivity index (χ4v) is 2.21. The second-order valence-corrected chi connectivity index (χ2v) is 3.71. The van der Waals surface area contributed by atoms with Crippen LogP contribution in [0.15, 0.2) is 0 Å². The first-order valence-corrected chi connectivity index (χ1v) is 5.20. The summed E-state index contributed by atoms with van der Waals surface area (Å²) < 4.78 is 4.98. The summed E-state index contributed by atoms with van der Waals surface area (Å²) in [5.41, 5.74) is 0. The zero-order valence-electron chi connectivity index (χ0n) is 7.68. The smallest absolute Gasteiger partial charge is 0.0587 e. The maximum absolute atomic E-state index is 5.84. The molecule has 0 aliphatic heterocycles. The van der Waals surface area contributed by atoms with E-state index >= 15 is 0 Å². The minimum absolute atomic E-state index is 0.637. The molecule has 1 N–H and O–H groups in total. The average Bonchev–Trinajstić information content (AvgIpc) is 2.52. The molecule has 0 aromatic rings. The Hall–Kier alpha value is 0.210. The molecular weight excluding hydrogens is 174 g/mol. The van der Waals surface area contributed by atoms with Crippen molar-refractivity contribution in [3.05, 3.63) is 0 Å². The molecule has 2 nitrogen and oxygen atoms in total. The first-order valence-electron chi connectivity index (χ1n) is 4.66. The van der Waals surface area contributed by atoms with Crippen molar-refractivity contribution in [1.29, 1.82) is 0 Å². The van der Waals surface area contributed by atoms with Crippen LogP contribution < -0.4 is 5.32 Å². The lowest BCUT2D eigenvalue weighted by molar-refractivity contribution is 0.193. The van der Waals surface area contributed by atoms with Crippen LogP contribution in [0.2, 0.25) is 0 Å². The van der Waals surface area contributed by atoms with Crippen LogP contribution in [0.4, 0.5) is 0 Å². The molecular formula is C9H18ClNO. The van der Waals surface area contributed by atoms with Gasteiger partial charge in [-0.25, -0.2) is 0 Å². The first-order chi connectivity index (χ1) is 5.88. The van der Waals surface area contributed by atoms with E-state index in [1.54, 1.807) is 7.11 Å². The normalized spacial score (nSPS) is 29.5. The van der Waals surface area contributed by atoms with Gasteiger partial charge in [0.15, 0.2) is 0 Å². The van der Waals surface area contributed by atoms with Gasteiger partial charge in [0, 0.05) is 25.6 Å². The van der Waals surface area contributed by atoms with Crippen molar-refractivity contribution in [2.24, 2.45) is 5.92 Å². The van der Waals surface area contributed by atoms with Crippen molar-refractivity contribution >= 4 is 11.6 Å². The Morgan fingerprint density at radius 1 is 1.50 bits per heavy atom. The van der Waals surface area contributed by atoms with E-state index in [2.05, 4.69) is 5.32 Å². The van der Waals surface area contributed by atoms with Gasteiger partial charge in [0.1, 0.15) is 0 Å². The van der Waals surface area contributed by atoms with Crippen molar-refractivity contribution in [1.82, 2.24) is 5.32 Å². The number of rotatable bonds is 5. The summed E-state index contributed by atoms with van der Waals surface area (Å²) in [6.45, 7) is 1.75. The molecule has 0 amide bonds. The molecule has 12 heavy (non-hydrogen) atoms. The van der Waals surface area contributed by atoms with E-state index in [0.717, 1.165) is 19.0 Å². The van der Waals surface area contributed by atoms with E-state index in [1.165, 1.54) is 19.3 Å². The standard InChI is InChI=1S/C9H18ClNO/c1-12-6-5-11-9-4-2-3-8(9)7-10/h8-9,11H,2-7H2,1H3. The monoisotopic (exact) mass is 191 g/mol. The van der Waals surface area contributed by atoms with Crippen LogP contribution in [0.25, 0.3) is 0 Å². The van der Waals surface area contributed by atoms with Crippen molar-refractivity contribution in [3.8, 4) is 0 Å². The number of halogens is 1. The highest BCUT2D eigenvalue weighted by Gasteiger charge is 2.25. The van der Waals surface area contributed by atoms with Crippen LogP contribution in [0.1, 0.15) is 19.3 Å². The van der Waals surface area contributed by atoms with Gasteiger partial charge in [-0.2, -0.15) is 0 Å². The molecule has 0 heterocycles. The van der Waals surface area contributed by atoms with Crippen LogP contribution in [-0.2, 0) is 4.74 Å². The zero-order valence-corrected chi connectivity index (χ0v) is 8.44. The van der Waals surface area contributed by atoms with E-state index in [4.69, 9.17) is 16.3 Å². The second kappa shape index (κ2) is 5.79. The van der Waals surface area contributed by atoms with E-state index < -0.39 is 0 Å². The van der Waals surface area contributed by atoms with Crippen molar-refractivity contribution in [3.63, 3.8) is 0 Å². The molecule has 0 radical (unpaired) electrons. The molecule has 1 fully saturated rings. The molecule has 0 bridgehead atoms. The van der Waals surface area contributed by atoms with Crippen LogP contribution in [0.5, 0.6) is 0 Å². The van der Waals surface area contributed by atoms with E-state index in [1.807, 2.05) is 0 Å². The Labute approximate surface area is 79.6 Å². The molecule has 1 saturated carbocycles. The Kier molecular flexibility index (Phi) is 4.96. The van der Waals surface area contributed by atoms with Gasteiger partial charge in [0.2, 0.25) is 0 Å². The van der Waals surface area contributed by atoms with Crippen molar-refractivity contribution < 1.29 is 4.74 Å². The summed E-state index contributed by atoms with van der Waals surface area (Å²) in [4.78, 5) is 0. The van der Waals surface area contributed by atoms with E-state index in [-0.39, 0.29) is 0 Å². The number of methoxy groups -OCH3 is 1. The first kappa shape index (κ1) is 10.3. The molecule has 0 aromatic carbocycles. The lowest BCUT2D eigenvalue weighted by Gasteiger charge is -2.18. The minimum Gasteiger partial charge on any atom is -0.383 e. The predicted molar refractivity (Wildman–Crippen MR) is 51.7 cm³/mol. The summed E-state index contributed by atoms with van der Waals surface area (Å²) in [7, 11) is 1.73. The van der Waals surface area contributed by atoms with Crippen LogP contribution in [0.3, 0.4) is 0 Å². The third kappa shape index (κ3) is 2.92. The van der Waals surface area contributed by atoms with Gasteiger partial charge in [-0.05, 0) is 18.8 Å². The second-order valence-electron chi connectivity index (χ2n) is 3.40. The highest BCUT2D eigenvalue weighted by atomic mass is 35.5. The highest BCUT2D eigenvalue weighted by Crippen LogP contribution is 2.26. The molecule has 1 aliphatic rings. The Bertz CT molecular complexity index is 121. The van der Waals surface area contributed by atoms with Gasteiger partial charge in [-0.1, -0.05) is 6.42 Å². The molecule has 0 spiro atoms. The maximum Gasteiger partial charge on any atom is 0.0587 e. The van der Waals surface area contributed by atoms with Gasteiger partial charge >= 0.3 is 0 Å². The molecule has 0 aromatic heterocycles. The number of nitrogens with one attached hydrogen (secondary N) is 1. The quantitative estimate of drug-likeness (QED) is 0.527. The molecule has 1 rings (SSSR count). The Balaban J connectivity index is 2.12. The van der Waals surface area contributed by atoms with Crippen LogP contribution in [0, 0.1) is 5.92 Å². The largest absolute Gasteiger partial charge is 0.383 e. The molecule has 0 saturated heterocycles. The lowest BCUT2D eigenvalue weighted by Crippen LogP contribution is -2.35. The third-order valence-electron chi connectivity index (χ3n) is 2.57. The Morgan fingerprint density at radius 2 is 2.33 bits per heavy atom. The van der Waals surface area contributed by atoms with Crippen molar-refractivity contribution in [2.75, 3.05) is 26.1 Å². The van der Waals surface area contributed by atoms with Gasteiger partial charge in [0.05, 0.1) is 6.61 Å². The number of ether oxygens (including phenoxy) is 1. The fourth-order valence-electron chi connectivity index (χ4n) is 1.84. The summed E-state index contributed by atoms with van der Waals surface area (Å²) in [6, 6.07) is 0.637. The summed E-state index contributed by atoms with van der Waals surface area (Å²) in [5.74, 6) is 1.48. The van der Waals surface area contributed by atoms with Crippen molar-refractivity contribution in [2.45, 2.75) is 25.3 Å². The topological polar surface area (TPSA) is 21.3 Å².